The minimum absolute atomic E-state index is 0.639. The zero-order valence-corrected chi connectivity index (χ0v) is 25.9. The van der Waals surface area contributed by atoms with Crippen LogP contribution in [0, 0.1) is 6.92 Å². The van der Waals surface area contributed by atoms with Gasteiger partial charge in [-0.15, -0.1) is 0 Å². The summed E-state index contributed by atoms with van der Waals surface area (Å²) in [5, 5.41) is 12.3. The van der Waals surface area contributed by atoms with Crippen molar-refractivity contribution >= 4 is 40.4 Å². The molecule has 7 aromatic rings. The summed E-state index contributed by atoms with van der Waals surface area (Å²) in [6.45, 7) is 2.08. The van der Waals surface area contributed by atoms with Gasteiger partial charge in [0.15, 0.2) is 5.82 Å². The van der Waals surface area contributed by atoms with E-state index in [1.54, 1.807) is 0 Å². The Morgan fingerprint density at radius 1 is 0.591 bits per heavy atom. The van der Waals surface area contributed by atoms with Gasteiger partial charge >= 0.3 is 0 Å². The fourth-order valence-corrected chi connectivity index (χ4v) is 6.29. The van der Waals surface area contributed by atoms with Crippen molar-refractivity contribution in [1.82, 2.24) is 19.6 Å². The maximum Gasteiger partial charge on any atom is 0.214 e. The molecule has 2 aromatic heterocycles. The van der Waals surface area contributed by atoms with E-state index in [1.807, 2.05) is 119 Å². The molecule has 0 N–H and O–H groups in total. The molecule has 0 spiro atoms. The third kappa shape index (κ3) is 5.63. The molecule has 0 atom stereocenters. The zero-order valence-electron chi connectivity index (χ0n) is 23.6. The lowest BCUT2D eigenvalue weighted by Crippen LogP contribution is -2.14. The van der Waals surface area contributed by atoms with Crippen molar-refractivity contribution in [3.05, 3.63) is 154 Å². The van der Waals surface area contributed by atoms with Crippen LogP contribution in [0.4, 0.5) is 5.82 Å². The molecule has 0 saturated heterocycles. The highest BCUT2D eigenvalue weighted by molar-refractivity contribution is 7.12. The van der Waals surface area contributed by atoms with Crippen molar-refractivity contribution in [2.45, 2.75) is 6.92 Å². The van der Waals surface area contributed by atoms with E-state index in [2.05, 4.69) is 31.2 Å². The molecule has 0 aliphatic heterocycles. The SMILES string of the molecule is Cc1ccc(-c2c(-c3cccc(Cl)c3)nn(-c3ccccc3)c2N=c2sc(-c3cccc(Cl)c3)nn2-c2ccccc2)cc1. The maximum atomic E-state index is 6.49. The fourth-order valence-electron chi connectivity index (χ4n) is 5.01. The Hall–Kier alpha value is -4.75. The van der Waals surface area contributed by atoms with Gasteiger partial charge in [-0.1, -0.05) is 125 Å². The minimum atomic E-state index is 0.639. The normalized spacial score (nSPS) is 11.7. The summed E-state index contributed by atoms with van der Waals surface area (Å²) in [5.41, 5.74) is 7.45. The lowest BCUT2D eigenvalue weighted by Gasteiger charge is -2.07. The summed E-state index contributed by atoms with van der Waals surface area (Å²) in [6.07, 6.45) is 0. The van der Waals surface area contributed by atoms with Crippen LogP contribution in [-0.4, -0.2) is 19.6 Å². The van der Waals surface area contributed by atoms with Crippen molar-refractivity contribution in [3.63, 3.8) is 0 Å². The van der Waals surface area contributed by atoms with Gasteiger partial charge in [-0.05, 0) is 61.0 Å². The molecule has 0 aliphatic rings. The van der Waals surface area contributed by atoms with Crippen molar-refractivity contribution < 1.29 is 0 Å². The van der Waals surface area contributed by atoms with Gasteiger partial charge in [-0.2, -0.15) is 15.2 Å². The first-order valence-corrected chi connectivity index (χ1v) is 15.6. The molecular formula is C36H25Cl2N5S. The van der Waals surface area contributed by atoms with Crippen LogP contribution in [0.3, 0.4) is 0 Å². The molecule has 0 amide bonds. The number of hydrogen-bond acceptors (Lipinski definition) is 4. The lowest BCUT2D eigenvalue weighted by molar-refractivity contribution is 0.823. The van der Waals surface area contributed by atoms with Crippen LogP contribution in [0.2, 0.25) is 10.0 Å². The molecular weight excluding hydrogens is 605 g/mol. The molecule has 5 nitrogen and oxygen atoms in total. The molecule has 2 heterocycles. The topological polar surface area (TPSA) is 48.0 Å². The first-order valence-electron chi connectivity index (χ1n) is 14.0. The van der Waals surface area contributed by atoms with E-state index in [4.69, 9.17) is 38.4 Å². The average molecular weight is 631 g/mol. The zero-order chi connectivity index (χ0) is 30.0. The highest BCUT2D eigenvalue weighted by Gasteiger charge is 2.23. The van der Waals surface area contributed by atoms with Gasteiger partial charge in [0.2, 0.25) is 4.80 Å². The Kier molecular flexibility index (Phi) is 7.71. The van der Waals surface area contributed by atoms with E-state index < -0.39 is 0 Å². The van der Waals surface area contributed by atoms with Gasteiger partial charge in [-0.3, -0.25) is 0 Å². The summed E-state index contributed by atoms with van der Waals surface area (Å²) >= 11 is 14.4. The predicted octanol–water partition coefficient (Wildman–Crippen LogP) is 9.97. The first kappa shape index (κ1) is 28.0. The molecule has 8 heteroatoms. The highest BCUT2D eigenvalue weighted by Crippen LogP contribution is 2.41. The van der Waals surface area contributed by atoms with Gasteiger partial charge in [0.05, 0.1) is 16.9 Å². The highest BCUT2D eigenvalue weighted by atomic mass is 35.5. The summed E-state index contributed by atoms with van der Waals surface area (Å²) < 4.78 is 3.78. The largest absolute Gasteiger partial charge is 0.214 e. The number of halogens is 2. The second-order valence-corrected chi connectivity index (χ2v) is 12.1. The van der Waals surface area contributed by atoms with Gasteiger partial charge < -0.3 is 0 Å². The molecule has 0 unspecified atom stereocenters. The summed E-state index contributed by atoms with van der Waals surface area (Å²) in [7, 11) is 0. The van der Waals surface area contributed by atoms with Crippen LogP contribution in [0.5, 0.6) is 0 Å². The monoisotopic (exact) mass is 629 g/mol. The van der Waals surface area contributed by atoms with Crippen LogP contribution in [0.15, 0.2) is 138 Å². The third-order valence-corrected chi connectivity index (χ3v) is 8.56. The van der Waals surface area contributed by atoms with Crippen molar-refractivity contribution in [2.75, 3.05) is 0 Å². The Morgan fingerprint density at radius 3 is 1.82 bits per heavy atom. The third-order valence-electron chi connectivity index (χ3n) is 7.13. The number of benzene rings is 5. The number of aromatic nitrogens is 4. The second-order valence-electron chi connectivity index (χ2n) is 10.2. The number of para-hydroxylation sites is 2. The molecule has 44 heavy (non-hydrogen) atoms. The smallest absolute Gasteiger partial charge is 0.214 e. The predicted molar refractivity (Wildman–Crippen MR) is 181 cm³/mol. The van der Waals surface area contributed by atoms with Crippen molar-refractivity contribution in [2.24, 2.45) is 4.99 Å². The molecule has 0 saturated carbocycles. The Morgan fingerprint density at radius 2 is 1.18 bits per heavy atom. The Balaban J connectivity index is 1.57. The number of nitrogens with zero attached hydrogens (tertiary/aromatic N) is 5. The van der Waals surface area contributed by atoms with Gasteiger partial charge in [0.25, 0.3) is 0 Å². The van der Waals surface area contributed by atoms with E-state index in [0.29, 0.717) is 20.7 Å². The second kappa shape index (κ2) is 12.1. The Bertz CT molecular complexity index is 2150. The summed E-state index contributed by atoms with van der Waals surface area (Å²) in [5.74, 6) is 0.681. The standard InChI is InChI=1S/C36H25Cl2N5S/c1-24-18-20-25(21-19-24)32-33(26-10-8-12-28(37)22-26)40-42(30-14-4-2-5-15-30)34(32)39-36-43(31-16-6-3-7-17-31)41-35(44-36)27-11-9-13-29(38)23-27/h2-23H,1H3. The van der Waals surface area contributed by atoms with E-state index in [-0.39, 0.29) is 0 Å². The molecule has 214 valence electrons. The number of rotatable bonds is 6. The quantitative estimate of drug-likeness (QED) is 0.184. The van der Waals surface area contributed by atoms with Crippen LogP contribution in [0.1, 0.15) is 5.56 Å². The lowest BCUT2D eigenvalue weighted by atomic mass is 10.00. The molecule has 0 fully saturated rings. The molecule has 7 rings (SSSR count). The molecule has 5 aromatic carbocycles. The van der Waals surface area contributed by atoms with Crippen molar-refractivity contribution in [3.8, 4) is 44.3 Å². The van der Waals surface area contributed by atoms with Gasteiger partial charge in [0.1, 0.15) is 10.7 Å². The van der Waals surface area contributed by atoms with Crippen LogP contribution >= 0.6 is 34.5 Å². The fraction of sp³-hybridized carbons (Fsp3) is 0.0278. The summed E-state index contributed by atoms with van der Waals surface area (Å²) in [6, 6.07) is 44.0. The Labute approximate surface area is 269 Å². The van der Waals surface area contributed by atoms with Crippen LogP contribution in [-0.2, 0) is 0 Å². The van der Waals surface area contributed by atoms with Gasteiger partial charge in [-0.25, -0.2) is 9.36 Å². The number of aryl methyl sites for hydroxylation is 1. The minimum Gasteiger partial charge on any atom is -0.214 e. The van der Waals surface area contributed by atoms with E-state index in [0.717, 1.165) is 44.3 Å². The van der Waals surface area contributed by atoms with E-state index in [1.165, 1.54) is 16.9 Å². The molecule has 0 aliphatic carbocycles. The molecule has 0 bridgehead atoms. The maximum absolute atomic E-state index is 6.49. The van der Waals surface area contributed by atoms with Crippen LogP contribution in [0.25, 0.3) is 44.3 Å². The average Bonchev–Trinajstić information content (AvgIpc) is 3.65. The number of hydrogen-bond donors (Lipinski definition) is 0. The van der Waals surface area contributed by atoms with E-state index >= 15 is 0 Å². The first-order chi connectivity index (χ1) is 21.5. The van der Waals surface area contributed by atoms with E-state index in [9.17, 15) is 0 Å². The van der Waals surface area contributed by atoms with Crippen molar-refractivity contribution in [1.29, 1.82) is 0 Å². The van der Waals surface area contributed by atoms with Gasteiger partial charge in [0, 0.05) is 21.2 Å². The summed E-state index contributed by atoms with van der Waals surface area (Å²) in [4.78, 5) is 6.07. The van der Waals surface area contributed by atoms with Crippen LogP contribution < -0.4 is 4.80 Å². The molecule has 0 radical (unpaired) electrons.